The van der Waals surface area contributed by atoms with E-state index in [1.165, 1.54) is 17.4 Å². The van der Waals surface area contributed by atoms with Crippen LogP contribution in [0.2, 0.25) is 0 Å². The fourth-order valence-electron chi connectivity index (χ4n) is 2.77. The Labute approximate surface area is 157 Å². The van der Waals surface area contributed by atoms with E-state index in [2.05, 4.69) is 21.8 Å². The number of hydrogen-bond acceptors (Lipinski definition) is 6. The highest BCUT2D eigenvalue weighted by Gasteiger charge is 2.22. The highest BCUT2D eigenvalue weighted by atomic mass is 32.2. The number of hydrogen-bond donors (Lipinski definition) is 1. The minimum atomic E-state index is -3.76. The Morgan fingerprint density at radius 3 is 2.67 bits per heavy atom. The van der Waals surface area contributed by atoms with Crippen molar-refractivity contribution < 1.29 is 8.42 Å². The SMILES string of the molecule is C=CCC(c1cnc2c(ccn2S(=O)(=O)c2ccc(C)cc2)n1)N(C)N=N. The van der Waals surface area contributed by atoms with Crippen molar-refractivity contribution in [2.75, 3.05) is 7.05 Å². The molecule has 2 heterocycles. The normalized spacial score (nSPS) is 12.7. The van der Waals surface area contributed by atoms with Crippen molar-refractivity contribution in [3.8, 4) is 0 Å². The minimum Gasteiger partial charge on any atom is -0.273 e. The smallest absolute Gasteiger partial charge is 0.269 e. The van der Waals surface area contributed by atoms with Gasteiger partial charge in [0.15, 0.2) is 5.65 Å². The van der Waals surface area contributed by atoms with E-state index < -0.39 is 10.0 Å². The van der Waals surface area contributed by atoms with E-state index in [9.17, 15) is 8.42 Å². The van der Waals surface area contributed by atoms with Crippen LogP contribution in [0.5, 0.6) is 0 Å². The molecule has 1 N–H and O–H groups in total. The van der Waals surface area contributed by atoms with Crippen LogP contribution in [0.15, 0.2) is 65.5 Å². The number of aromatic nitrogens is 3. The summed E-state index contributed by atoms with van der Waals surface area (Å²) in [6, 6.07) is 7.96. The Kier molecular flexibility index (Phi) is 5.04. The van der Waals surface area contributed by atoms with Crippen molar-refractivity contribution in [1.82, 2.24) is 18.9 Å². The van der Waals surface area contributed by atoms with Crippen LogP contribution in [0.4, 0.5) is 0 Å². The molecule has 2 aromatic heterocycles. The fourth-order valence-corrected chi connectivity index (χ4v) is 4.07. The molecule has 0 aliphatic carbocycles. The molecule has 0 amide bonds. The minimum absolute atomic E-state index is 0.189. The number of benzene rings is 1. The van der Waals surface area contributed by atoms with Gasteiger partial charge in [-0.15, -0.1) is 6.58 Å². The number of nitrogens with one attached hydrogen (secondary N) is 1. The topological polar surface area (TPSA) is 104 Å². The van der Waals surface area contributed by atoms with Crippen molar-refractivity contribution >= 4 is 21.2 Å². The van der Waals surface area contributed by atoms with Crippen LogP contribution < -0.4 is 0 Å². The summed E-state index contributed by atoms with van der Waals surface area (Å²) in [5, 5.41) is 4.88. The molecule has 0 bridgehead atoms. The van der Waals surface area contributed by atoms with Gasteiger partial charge in [-0.05, 0) is 31.5 Å². The molecule has 0 aliphatic rings. The van der Waals surface area contributed by atoms with Gasteiger partial charge in [0.2, 0.25) is 0 Å². The Bertz CT molecular complexity index is 1090. The third kappa shape index (κ3) is 3.45. The summed E-state index contributed by atoms with van der Waals surface area (Å²) in [6.45, 7) is 5.62. The van der Waals surface area contributed by atoms with E-state index in [0.717, 1.165) is 9.54 Å². The van der Waals surface area contributed by atoms with Gasteiger partial charge in [-0.2, -0.15) is 5.53 Å². The van der Waals surface area contributed by atoms with Gasteiger partial charge >= 0.3 is 0 Å². The molecule has 0 aliphatic heterocycles. The van der Waals surface area contributed by atoms with Crippen LogP contribution in [0.25, 0.3) is 11.2 Å². The monoisotopic (exact) mass is 384 g/mol. The van der Waals surface area contributed by atoms with E-state index in [0.29, 0.717) is 17.6 Å². The number of fused-ring (bicyclic) bond motifs is 1. The summed E-state index contributed by atoms with van der Waals surface area (Å²) in [5.41, 5.74) is 9.49. The molecule has 8 nitrogen and oxygen atoms in total. The molecular formula is C18H20N6O2S. The maximum Gasteiger partial charge on any atom is 0.269 e. The fraction of sp³-hybridized carbons (Fsp3) is 0.222. The summed E-state index contributed by atoms with van der Waals surface area (Å²) < 4.78 is 27.0. The quantitative estimate of drug-likeness (QED) is 0.381. The molecule has 0 radical (unpaired) electrons. The molecule has 1 unspecified atom stereocenters. The van der Waals surface area contributed by atoms with Crippen LogP contribution in [0.3, 0.4) is 0 Å². The molecule has 27 heavy (non-hydrogen) atoms. The number of rotatable bonds is 7. The van der Waals surface area contributed by atoms with Gasteiger partial charge in [0.1, 0.15) is 5.52 Å². The van der Waals surface area contributed by atoms with Crippen LogP contribution in [-0.2, 0) is 10.0 Å². The van der Waals surface area contributed by atoms with E-state index in [-0.39, 0.29) is 16.6 Å². The van der Waals surface area contributed by atoms with Gasteiger partial charge in [0, 0.05) is 13.2 Å². The number of nitrogens with zero attached hydrogens (tertiary/aromatic N) is 5. The van der Waals surface area contributed by atoms with Crippen molar-refractivity contribution in [2.24, 2.45) is 5.22 Å². The van der Waals surface area contributed by atoms with Gasteiger partial charge in [-0.25, -0.2) is 22.4 Å². The first-order valence-corrected chi connectivity index (χ1v) is 9.70. The molecule has 0 spiro atoms. The summed E-state index contributed by atoms with van der Waals surface area (Å²) in [7, 11) is -2.10. The van der Waals surface area contributed by atoms with Crippen molar-refractivity contribution in [1.29, 1.82) is 5.53 Å². The van der Waals surface area contributed by atoms with Crippen LogP contribution in [0, 0.1) is 12.5 Å². The largest absolute Gasteiger partial charge is 0.273 e. The van der Waals surface area contributed by atoms with Gasteiger partial charge in [0.05, 0.1) is 22.8 Å². The summed E-state index contributed by atoms with van der Waals surface area (Å²) in [6.07, 6.45) is 5.21. The second kappa shape index (κ2) is 7.28. The lowest BCUT2D eigenvalue weighted by atomic mass is 10.1. The molecule has 1 atom stereocenters. The zero-order chi connectivity index (χ0) is 19.6. The standard InChI is InChI=1S/C18H20N6O2S/c1-4-5-17(23(3)22-19)16-12-20-18-15(21-16)10-11-24(18)27(25,26)14-8-6-13(2)7-9-14/h4,6-12,17,19H,1,5H2,2-3H3. The maximum absolute atomic E-state index is 12.9. The molecule has 140 valence electrons. The van der Waals surface area contributed by atoms with Crippen molar-refractivity contribution in [2.45, 2.75) is 24.3 Å². The second-order valence-corrected chi connectivity index (χ2v) is 7.96. The van der Waals surface area contributed by atoms with Gasteiger partial charge in [-0.3, -0.25) is 5.01 Å². The maximum atomic E-state index is 12.9. The summed E-state index contributed by atoms with van der Waals surface area (Å²) in [5.74, 6) is 0. The van der Waals surface area contributed by atoms with E-state index in [4.69, 9.17) is 5.53 Å². The second-order valence-electron chi connectivity index (χ2n) is 6.15. The van der Waals surface area contributed by atoms with E-state index in [1.807, 2.05) is 6.92 Å². The lowest BCUT2D eigenvalue weighted by Gasteiger charge is -2.22. The van der Waals surface area contributed by atoms with Gasteiger partial charge < -0.3 is 0 Å². The lowest BCUT2D eigenvalue weighted by molar-refractivity contribution is 0.229. The van der Waals surface area contributed by atoms with E-state index >= 15 is 0 Å². The first-order chi connectivity index (χ1) is 12.9. The summed E-state index contributed by atoms with van der Waals surface area (Å²) in [4.78, 5) is 9.04. The predicted octanol–water partition coefficient (Wildman–Crippen LogP) is 3.47. The van der Waals surface area contributed by atoms with Gasteiger partial charge in [0.25, 0.3) is 10.0 Å². The molecule has 3 aromatic rings. The highest BCUT2D eigenvalue weighted by Crippen LogP contribution is 2.25. The first kappa shape index (κ1) is 18.7. The summed E-state index contributed by atoms with van der Waals surface area (Å²) >= 11 is 0. The molecule has 9 heteroatoms. The predicted molar refractivity (Wildman–Crippen MR) is 102 cm³/mol. The lowest BCUT2D eigenvalue weighted by Crippen LogP contribution is -2.19. The molecule has 0 fully saturated rings. The Hall–Kier alpha value is -3.07. The van der Waals surface area contributed by atoms with Crippen LogP contribution in [0.1, 0.15) is 23.7 Å². The Morgan fingerprint density at radius 2 is 2.04 bits per heavy atom. The third-order valence-corrected chi connectivity index (χ3v) is 5.97. The van der Waals surface area contributed by atoms with Crippen LogP contribution in [-0.4, -0.2) is 34.4 Å². The number of aryl methyl sites for hydroxylation is 1. The van der Waals surface area contributed by atoms with Crippen LogP contribution >= 0.6 is 0 Å². The Balaban J connectivity index is 2.06. The molecular weight excluding hydrogens is 364 g/mol. The van der Waals surface area contributed by atoms with Gasteiger partial charge in [-0.1, -0.05) is 29.0 Å². The zero-order valence-corrected chi connectivity index (χ0v) is 15.9. The highest BCUT2D eigenvalue weighted by molar-refractivity contribution is 7.90. The van der Waals surface area contributed by atoms with Crippen molar-refractivity contribution in [3.05, 3.63) is 66.6 Å². The Morgan fingerprint density at radius 1 is 1.33 bits per heavy atom. The molecule has 3 rings (SSSR count). The molecule has 0 saturated heterocycles. The van der Waals surface area contributed by atoms with E-state index in [1.54, 1.807) is 43.5 Å². The van der Waals surface area contributed by atoms with Crippen molar-refractivity contribution in [3.63, 3.8) is 0 Å². The third-order valence-electron chi connectivity index (χ3n) is 4.29. The average molecular weight is 384 g/mol. The molecule has 0 saturated carbocycles. The zero-order valence-electron chi connectivity index (χ0n) is 15.1. The first-order valence-electron chi connectivity index (χ1n) is 8.26. The molecule has 1 aromatic carbocycles. The average Bonchev–Trinajstić information content (AvgIpc) is 3.10.